The van der Waals surface area contributed by atoms with Gasteiger partial charge in [-0.2, -0.15) is 10.4 Å². The molecule has 0 fully saturated rings. The predicted octanol–water partition coefficient (Wildman–Crippen LogP) is 2.32. The van der Waals surface area contributed by atoms with Crippen LogP contribution in [0.1, 0.15) is 31.0 Å². The number of methoxy groups -OCH3 is 1. The molecule has 0 spiro atoms. The van der Waals surface area contributed by atoms with Crippen molar-refractivity contribution < 1.29 is 33.3 Å². The summed E-state index contributed by atoms with van der Waals surface area (Å²) in [4.78, 5) is 36.9. The van der Waals surface area contributed by atoms with Gasteiger partial charge in [0.25, 0.3) is 5.91 Å². The topological polar surface area (TPSA) is 160 Å². The number of benzene rings is 2. The Morgan fingerprint density at radius 1 is 1.16 bits per heavy atom. The summed E-state index contributed by atoms with van der Waals surface area (Å²) in [5, 5.41) is 17.9. The van der Waals surface area contributed by atoms with Gasteiger partial charge in [0.15, 0.2) is 24.7 Å². The van der Waals surface area contributed by atoms with E-state index in [0.717, 1.165) is 0 Å². The SMILES string of the molecule is CCOC(=O)C1=C(C)NC(=O)N[C@@H]1c1ccc(OCC(=O)N/N=C\c2ccccc2OCC#N)c(OC)c1. The van der Waals surface area contributed by atoms with Gasteiger partial charge in [-0.15, -0.1) is 0 Å². The molecule has 2 aromatic carbocycles. The van der Waals surface area contributed by atoms with Crippen LogP contribution >= 0.6 is 0 Å². The highest BCUT2D eigenvalue weighted by atomic mass is 16.5. The molecule has 2 aromatic rings. The van der Waals surface area contributed by atoms with Crippen LogP contribution in [0.5, 0.6) is 17.2 Å². The first-order chi connectivity index (χ1) is 18.4. The lowest BCUT2D eigenvalue weighted by Gasteiger charge is -2.28. The molecule has 198 valence electrons. The average molecular weight is 522 g/mol. The molecule has 0 radical (unpaired) electrons. The van der Waals surface area contributed by atoms with E-state index in [-0.39, 0.29) is 36.9 Å². The van der Waals surface area contributed by atoms with Crippen LogP contribution in [0.4, 0.5) is 4.79 Å². The van der Waals surface area contributed by atoms with Gasteiger partial charge in [0.1, 0.15) is 11.8 Å². The van der Waals surface area contributed by atoms with Gasteiger partial charge in [-0.1, -0.05) is 18.2 Å². The Bertz CT molecular complexity index is 1300. The molecule has 0 aromatic heterocycles. The van der Waals surface area contributed by atoms with Crippen molar-refractivity contribution in [2.45, 2.75) is 19.9 Å². The van der Waals surface area contributed by atoms with E-state index in [1.54, 1.807) is 56.3 Å². The maximum atomic E-state index is 12.5. The molecule has 1 heterocycles. The summed E-state index contributed by atoms with van der Waals surface area (Å²) in [5.41, 5.74) is 4.14. The number of nitriles is 1. The predicted molar refractivity (Wildman–Crippen MR) is 136 cm³/mol. The molecule has 12 nitrogen and oxygen atoms in total. The summed E-state index contributed by atoms with van der Waals surface area (Å²) in [6.45, 7) is 3.01. The van der Waals surface area contributed by atoms with Gasteiger partial charge in [-0.3, -0.25) is 4.79 Å². The van der Waals surface area contributed by atoms with Crippen LogP contribution in [-0.2, 0) is 14.3 Å². The quantitative estimate of drug-likeness (QED) is 0.231. The number of urea groups is 1. The Kier molecular flexibility index (Phi) is 9.65. The smallest absolute Gasteiger partial charge is 0.338 e. The van der Waals surface area contributed by atoms with Crippen LogP contribution in [0.3, 0.4) is 0 Å². The number of hydrogen-bond donors (Lipinski definition) is 3. The van der Waals surface area contributed by atoms with Crippen molar-refractivity contribution in [1.82, 2.24) is 16.1 Å². The fourth-order valence-corrected chi connectivity index (χ4v) is 3.58. The first-order valence-corrected chi connectivity index (χ1v) is 11.5. The third-order valence-corrected chi connectivity index (χ3v) is 5.25. The Labute approximate surface area is 219 Å². The van der Waals surface area contributed by atoms with Crippen LogP contribution in [0.2, 0.25) is 0 Å². The molecule has 3 amide bonds. The summed E-state index contributed by atoms with van der Waals surface area (Å²) in [6.07, 6.45) is 1.39. The third-order valence-electron chi connectivity index (χ3n) is 5.25. The normalized spacial score (nSPS) is 14.7. The monoisotopic (exact) mass is 521 g/mol. The van der Waals surface area contributed by atoms with Crippen LogP contribution in [-0.4, -0.2) is 51.1 Å². The van der Waals surface area contributed by atoms with E-state index in [2.05, 4.69) is 21.2 Å². The molecule has 12 heteroatoms. The third kappa shape index (κ3) is 7.01. The molecule has 0 aliphatic carbocycles. The second kappa shape index (κ2) is 13.3. The van der Waals surface area contributed by atoms with E-state index in [1.807, 2.05) is 6.07 Å². The maximum absolute atomic E-state index is 12.5. The molecule has 38 heavy (non-hydrogen) atoms. The largest absolute Gasteiger partial charge is 0.493 e. The van der Waals surface area contributed by atoms with Crippen molar-refractivity contribution in [3.8, 4) is 23.3 Å². The van der Waals surface area contributed by atoms with Crippen molar-refractivity contribution >= 4 is 24.1 Å². The molecule has 1 aliphatic rings. The fraction of sp³-hybridized carbons (Fsp3) is 0.269. The maximum Gasteiger partial charge on any atom is 0.338 e. The van der Waals surface area contributed by atoms with Crippen molar-refractivity contribution in [2.24, 2.45) is 5.10 Å². The lowest BCUT2D eigenvalue weighted by Crippen LogP contribution is -2.45. The molecule has 1 atom stereocenters. The summed E-state index contributed by atoms with van der Waals surface area (Å²) in [5.74, 6) is -0.0793. The number of carbonyl (C=O) groups excluding carboxylic acids is 3. The number of rotatable bonds is 11. The zero-order valence-corrected chi connectivity index (χ0v) is 21.1. The van der Waals surface area contributed by atoms with Gasteiger partial charge >= 0.3 is 12.0 Å². The average Bonchev–Trinajstić information content (AvgIpc) is 2.90. The van der Waals surface area contributed by atoms with E-state index in [0.29, 0.717) is 22.6 Å². The minimum atomic E-state index is -0.775. The Balaban J connectivity index is 1.67. The minimum Gasteiger partial charge on any atom is -0.493 e. The number of ether oxygens (including phenoxy) is 4. The highest BCUT2D eigenvalue weighted by Gasteiger charge is 2.32. The number of amides is 3. The van der Waals surface area contributed by atoms with E-state index in [1.165, 1.54) is 13.3 Å². The molecule has 0 unspecified atom stereocenters. The summed E-state index contributed by atoms with van der Waals surface area (Å²) in [7, 11) is 1.43. The molecule has 1 aliphatic heterocycles. The van der Waals surface area contributed by atoms with E-state index in [9.17, 15) is 14.4 Å². The lowest BCUT2D eigenvalue weighted by atomic mass is 9.95. The van der Waals surface area contributed by atoms with Crippen LogP contribution in [0, 0.1) is 11.3 Å². The van der Waals surface area contributed by atoms with E-state index >= 15 is 0 Å². The number of carbonyl (C=O) groups is 3. The number of hydrogen-bond acceptors (Lipinski definition) is 9. The zero-order chi connectivity index (χ0) is 27.5. The van der Waals surface area contributed by atoms with Crippen LogP contribution in [0.15, 0.2) is 58.8 Å². The number of para-hydroxylation sites is 1. The minimum absolute atomic E-state index is 0.115. The van der Waals surface area contributed by atoms with Gasteiger partial charge in [0, 0.05) is 11.3 Å². The molecule has 0 saturated carbocycles. The van der Waals surface area contributed by atoms with Gasteiger partial charge < -0.3 is 29.6 Å². The van der Waals surface area contributed by atoms with Crippen molar-refractivity contribution in [3.63, 3.8) is 0 Å². The second-order valence-electron chi connectivity index (χ2n) is 7.77. The highest BCUT2D eigenvalue weighted by molar-refractivity contribution is 5.95. The van der Waals surface area contributed by atoms with Gasteiger partial charge in [-0.05, 0) is 43.7 Å². The lowest BCUT2D eigenvalue weighted by molar-refractivity contribution is -0.139. The summed E-state index contributed by atoms with van der Waals surface area (Å²) < 4.78 is 21.5. The molecular weight excluding hydrogens is 494 g/mol. The Morgan fingerprint density at radius 3 is 2.68 bits per heavy atom. The Hall–Kier alpha value is -5.05. The van der Waals surface area contributed by atoms with Crippen molar-refractivity contribution in [1.29, 1.82) is 5.26 Å². The standard InChI is InChI=1S/C26H27N5O7/c1-4-36-25(33)23-16(2)29-26(34)30-24(23)17-9-10-20(21(13-17)35-3)38-15-22(32)31-28-14-18-7-5-6-8-19(18)37-12-11-27/h5-10,13-14,24H,4,12,15H2,1-3H3,(H,31,32)(H2,29,30,34)/b28-14-/t24-/m1/s1. The highest BCUT2D eigenvalue weighted by Crippen LogP contribution is 2.34. The van der Waals surface area contributed by atoms with Gasteiger partial charge in [0.2, 0.25) is 0 Å². The fourth-order valence-electron chi connectivity index (χ4n) is 3.58. The summed E-state index contributed by atoms with van der Waals surface area (Å²) in [6, 6.07) is 12.4. The zero-order valence-electron chi connectivity index (χ0n) is 21.1. The van der Waals surface area contributed by atoms with Gasteiger partial charge in [-0.25, -0.2) is 15.0 Å². The van der Waals surface area contributed by atoms with Crippen molar-refractivity contribution in [3.05, 3.63) is 64.9 Å². The first kappa shape index (κ1) is 27.5. The molecule has 3 rings (SSSR count). The summed E-state index contributed by atoms with van der Waals surface area (Å²) >= 11 is 0. The first-order valence-electron chi connectivity index (χ1n) is 11.5. The Morgan fingerprint density at radius 2 is 1.95 bits per heavy atom. The van der Waals surface area contributed by atoms with Crippen LogP contribution in [0.25, 0.3) is 0 Å². The van der Waals surface area contributed by atoms with Crippen molar-refractivity contribution in [2.75, 3.05) is 26.9 Å². The number of nitrogens with one attached hydrogen (secondary N) is 3. The molecule has 3 N–H and O–H groups in total. The molecular formula is C26H27N5O7. The number of esters is 1. The molecule has 0 bridgehead atoms. The van der Waals surface area contributed by atoms with E-state index in [4.69, 9.17) is 24.2 Å². The second-order valence-corrected chi connectivity index (χ2v) is 7.77. The molecule has 0 saturated heterocycles. The number of allylic oxidation sites excluding steroid dienone is 1. The van der Waals surface area contributed by atoms with Crippen LogP contribution < -0.4 is 30.3 Å². The van der Waals surface area contributed by atoms with Gasteiger partial charge in [0.05, 0.1) is 31.5 Å². The number of nitrogens with zero attached hydrogens (tertiary/aromatic N) is 2. The van der Waals surface area contributed by atoms with E-state index < -0.39 is 23.9 Å². The number of hydrazone groups is 1.